The van der Waals surface area contributed by atoms with E-state index in [0.29, 0.717) is 5.56 Å². The molecule has 0 atom stereocenters. The second-order valence-corrected chi connectivity index (χ2v) is 6.28. The van der Waals surface area contributed by atoms with Gasteiger partial charge < -0.3 is 0 Å². The topological polar surface area (TPSA) is 25.8 Å². The van der Waals surface area contributed by atoms with Crippen LogP contribution in [-0.2, 0) is 0 Å². The molecular formula is C19H13FN2S. The van der Waals surface area contributed by atoms with Crippen LogP contribution in [0.2, 0.25) is 0 Å². The Morgan fingerprint density at radius 3 is 2.70 bits per heavy atom. The molecule has 2 aromatic heterocycles. The monoisotopic (exact) mass is 320 g/mol. The zero-order chi connectivity index (χ0) is 15.8. The highest BCUT2D eigenvalue weighted by Crippen LogP contribution is 2.33. The third-order valence-electron chi connectivity index (χ3n) is 3.88. The lowest BCUT2D eigenvalue weighted by molar-refractivity contribution is 0.619. The average Bonchev–Trinajstić information content (AvgIpc) is 3.05. The van der Waals surface area contributed by atoms with Crippen LogP contribution in [0.15, 0.2) is 60.2 Å². The van der Waals surface area contributed by atoms with E-state index in [0.717, 1.165) is 32.6 Å². The molecule has 2 heterocycles. The van der Waals surface area contributed by atoms with Gasteiger partial charge in [0.25, 0.3) is 0 Å². The molecule has 0 bridgehead atoms. The van der Waals surface area contributed by atoms with Gasteiger partial charge in [0.05, 0.1) is 21.4 Å². The van der Waals surface area contributed by atoms with Crippen LogP contribution in [0, 0.1) is 12.7 Å². The van der Waals surface area contributed by atoms with Gasteiger partial charge in [-0.3, -0.25) is 4.98 Å². The van der Waals surface area contributed by atoms with E-state index in [1.807, 2.05) is 29.8 Å². The molecule has 4 heteroatoms. The smallest absolute Gasteiger partial charge is 0.126 e. The van der Waals surface area contributed by atoms with E-state index in [4.69, 9.17) is 0 Å². The van der Waals surface area contributed by atoms with Gasteiger partial charge >= 0.3 is 0 Å². The van der Waals surface area contributed by atoms with Crippen LogP contribution in [0.25, 0.3) is 32.6 Å². The Balaban J connectivity index is 1.90. The summed E-state index contributed by atoms with van der Waals surface area (Å²) in [5, 5.41) is 0. The van der Waals surface area contributed by atoms with Gasteiger partial charge in [0.1, 0.15) is 5.82 Å². The van der Waals surface area contributed by atoms with E-state index >= 15 is 0 Å². The number of benzene rings is 2. The number of aromatic nitrogens is 2. The average molecular weight is 320 g/mol. The second kappa shape index (κ2) is 5.56. The molecule has 112 valence electrons. The van der Waals surface area contributed by atoms with E-state index in [1.54, 1.807) is 30.5 Å². The highest BCUT2D eigenvalue weighted by molar-refractivity contribution is 7.16. The van der Waals surface area contributed by atoms with Gasteiger partial charge in [0, 0.05) is 17.3 Å². The van der Waals surface area contributed by atoms with Crippen molar-refractivity contribution in [1.29, 1.82) is 0 Å². The van der Waals surface area contributed by atoms with Gasteiger partial charge in [0.15, 0.2) is 0 Å². The van der Waals surface area contributed by atoms with Gasteiger partial charge in [-0.1, -0.05) is 12.1 Å². The van der Waals surface area contributed by atoms with Crippen LogP contribution in [0.1, 0.15) is 5.56 Å². The molecule has 0 saturated carbocycles. The third kappa shape index (κ3) is 2.51. The molecule has 4 rings (SSSR count). The van der Waals surface area contributed by atoms with Crippen molar-refractivity contribution >= 4 is 21.6 Å². The summed E-state index contributed by atoms with van der Waals surface area (Å²) in [5.41, 5.74) is 7.38. The summed E-state index contributed by atoms with van der Waals surface area (Å²) in [7, 11) is 0. The minimum atomic E-state index is -0.197. The Kier molecular flexibility index (Phi) is 3.39. The first-order valence-corrected chi connectivity index (χ1v) is 8.15. The van der Waals surface area contributed by atoms with Gasteiger partial charge in [-0.05, 0) is 54.4 Å². The summed E-state index contributed by atoms with van der Waals surface area (Å²) >= 11 is 1.62. The summed E-state index contributed by atoms with van der Waals surface area (Å²) in [5.74, 6) is -0.197. The number of rotatable bonds is 2. The van der Waals surface area contributed by atoms with E-state index in [-0.39, 0.29) is 5.82 Å². The predicted molar refractivity (Wildman–Crippen MR) is 93.0 cm³/mol. The van der Waals surface area contributed by atoms with Crippen molar-refractivity contribution in [3.8, 4) is 22.4 Å². The van der Waals surface area contributed by atoms with Gasteiger partial charge in [-0.2, -0.15) is 0 Å². The van der Waals surface area contributed by atoms with Crippen molar-refractivity contribution in [2.24, 2.45) is 0 Å². The molecule has 2 aromatic carbocycles. The molecule has 0 N–H and O–H groups in total. The van der Waals surface area contributed by atoms with E-state index in [2.05, 4.69) is 22.1 Å². The van der Waals surface area contributed by atoms with Gasteiger partial charge in [-0.15, -0.1) is 11.3 Å². The second-order valence-electron chi connectivity index (χ2n) is 5.40. The van der Waals surface area contributed by atoms with E-state index < -0.39 is 0 Å². The molecular weight excluding hydrogens is 307 g/mol. The summed E-state index contributed by atoms with van der Waals surface area (Å²) in [6.45, 7) is 1.77. The lowest BCUT2D eigenvalue weighted by Crippen LogP contribution is -1.91. The number of nitrogens with zero attached hydrogens (tertiary/aromatic N) is 2. The van der Waals surface area contributed by atoms with Crippen LogP contribution < -0.4 is 0 Å². The molecule has 0 radical (unpaired) electrons. The van der Waals surface area contributed by atoms with E-state index in [1.165, 1.54) is 6.07 Å². The minimum Gasteiger partial charge on any atom is -0.256 e. The Labute approximate surface area is 137 Å². The van der Waals surface area contributed by atoms with Crippen molar-refractivity contribution < 1.29 is 4.39 Å². The summed E-state index contributed by atoms with van der Waals surface area (Å²) in [6.07, 6.45) is 1.77. The normalized spacial score (nSPS) is 11.0. The Hall–Kier alpha value is -2.59. The molecule has 4 aromatic rings. The van der Waals surface area contributed by atoms with Gasteiger partial charge in [0.2, 0.25) is 0 Å². The number of halogens is 1. The van der Waals surface area contributed by atoms with Crippen LogP contribution >= 0.6 is 11.3 Å². The van der Waals surface area contributed by atoms with Crippen molar-refractivity contribution in [3.05, 3.63) is 71.6 Å². The maximum absolute atomic E-state index is 13.6. The first-order valence-electron chi connectivity index (χ1n) is 7.27. The summed E-state index contributed by atoms with van der Waals surface area (Å²) in [6, 6.07) is 15.3. The van der Waals surface area contributed by atoms with Crippen LogP contribution in [0.3, 0.4) is 0 Å². The number of aryl methyl sites for hydroxylation is 1. The molecule has 0 spiro atoms. The highest BCUT2D eigenvalue weighted by atomic mass is 32.1. The maximum Gasteiger partial charge on any atom is 0.126 e. The number of hydrogen-bond acceptors (Lipinski definition) is 3. The Morgan fingerprint density at radius 1 is 0.957 bits per heavy atom. The number of hydrogen-bond donors (Lipinski definition) is 0. The number of pyridine rings is 1. The maximum atomic E-state index is 13.6. The lowest BCUT2D eigenvalue weighted by atomic mass is 9.98. The zero-order valence-corrected chi connectivity index (χ0v) is 13.3. The van der Waals surface area contributed by atoms with Crippen LogP contribution in [-0.4, -0.2) is 9.97 Å². The quantitative estimate of drug-likeness (QED) is 0.489. The summed E-state index contributed by atoms with van der Waals surface area (Å²) < 4.78 is 14.7. The predicted octanol–water partition coefficient (Wildman–Crippen LogP) is 5.47. The van der Waals surface area contributed by atoms with E-state index in [9.17, 15) is 4.39 Å². The van der Waals surface area contributed by atoms with Crippen molar-refractivity contribution in [1.82, 2.24) is 9.97 Å². The Bertz CT molecular complexity index is 1010. The third-order valence-corrected chi connectivity index (χ3v) is 4.67. The van der Waals surface area contributed by atoms with Gasteiger partial charge in [-0.25, -0.2) is 9.37 Å². The molecule has 23 heavy (non-hydrogen) atoms. The fourth-order valence-corrected chi connectivity index (χ4v) is 3.40. The van der Waals surface area contributed by atoms with Crippen molar-refractivity contribution in [2.45, 2.75) is 6.92 Å². The molecule has 0 amide bonds. The molecule has 0 aliphatic heterocycles. The van der Waals surface area contributed by atoms with Crippen molar-refractivity contribution in [2.75, 3.05) is 0 Å². The zero-order valence-electron chi connectivity index (χ0n) is 12.5. The standard InChI is InChI=1S/C19H13FN2S/c1-12-9-14(4-6-16(12)20)19-15(3-2-8-21-19)13-5-7-17-18(10-13)23-11-22-17/h2-11H,1H3. The molecule has 2 nitrogen and oxygen atoms in total. The first kappa shape index (κ1) is 14.0. The fourth-order valence-electron chi connectivity index (χ4n) is 2.68. The lowest BCUT2D eigenvalue weighted by Gasteiger charge is -2.10. The molecule has 0 aliphatic rings. The van der Waals surface area contributed by atoms with Crippen LogP contribution in [0.5, 0.6) is 0 Å². The SMILES string of the molecule is Cc1cc(-c2ncccc2-c2ccc3ncsc3c2)ccc1F. The highest BCUT2D eigenvalue weighted by Gasteiger charge is 2.11. The molecule has 0 fully saturated rings. The molecule has 0 unspecified atom stereocenters. The Morgan fingerprint density at radius 2 is 1.83 bits per heavy atom. The molecule has 0 aliphatic carbocycles. The largest absolute Gasteiger partial charge is 0.256 e. The summed E-state index contributed by atoms with van der Waals surface area (Å²) in [4.78, 5) is 8.85. The van der Waals surface area contributed by atoms with Crippen molar-refractivity contribution in [3.63, 3.8) is 0 Å². The number of fused-ring (bicyclic) bond motifs is 1. The number of thiazole rings is 1. The molecule has 0 saturated heterocycles. The fraction of sp³-hybridized carbons (Fsp3) is 0.0526. The van der Waals surface area contributed by atoms with Crippen LogP contribution in [0.4, 0.5) is 4.39 Å². The first-order chi connectivity index (χ1) is 11.2. The minimum absolute atomic E-state index is 0.197.